The Balaban J connectivity index is 1.26. The van der Waals surface area contributed by atoms with Gasteiger partial charge in [0, 0.05) is 32.9 Å². The number of alkyl carbamates (subject to hydrolysis) is 1. The fourth-order valence-corrected chi connectivity index (χ4v) is 7.79. The average molecular weight is 838 g/mol. The average Bonchev–Trinajstić information content (AvgIpc) is 3.61. The van der Waals surface area contributed by atoms with Gasteiger partial charge >= 0.3 is 18.0 Å². The van der Waals surface area contributed by atoms with Crippen molar-refractivity contribution in [1.29, 1.82) is 0 Å². The molecule has 0 unspecified atom stereocenters. The molecular formula is C50H51N3O9. The molecule has 5 aromatic carbocycles. The lowest BCUT2D eigenvalue weighted by Gasteiger charge is -2.36. The third kappa shape index (κ3) is 11.2. The molecule has 12 nitrogen and oxygen atoms in total. The highest BCUT2D eigenvalue weighted by Crippen LogP contribution is 2.44. The zero-order chi connectivity index (χ0) is 44.2. The van der Waals surface area contributed by atoms with Gasteiger partial charge in [0.05, 0.1) is 18.4 Å². The molecule has 0 aromatic heterocycles. The molecule has 0 radical (unpaired) electrons. The monoisotopic (exact) mass is 837 g/mol. The van der Waals surface area contributed by atoms with Crippen LogP contribution in [-0.4, -0.2) is 89.4 Å². The number of aliphatic carboxylic acids is 1. The van der Waals surface area contributed by atoms with Gasteiger partial charge < -0.3 is 29.7 Å². The van der Waals surface area contributed by atoms with Crippen molar-refractivity contribution in [2.24, 2.45) is 5.92 Å². The van der Waals surface area contributed by atoms with Gasteiger partial charge in [-0.3, -0.25) is 24.0 Å². The first kappa shape index (κ1) is 44.5. The van der Waals surface area contributed by atoms with E-state index in [1.807, 2.05) is 78.9 Å². The Morgan fingerprint density at radius 1 is 0.597 bits per heavy atom. The zero-order valence-electron chi connectivity index (χ0n) is 35.0. The molecule has 0 spiro atoms. The lowest BCUT2D eigenvalue weighted by molar-refractivity contribution is -0.151. The van der Waals surface area contributed by atoms with Gasteiger partial charge in [-0.2, -0.15) is 0 Å². The predicted molar refractivity (Wildman–Crippen MR) is 233 cm³/mol. The van der Waals surface area contributed by atoms with E-state index in [1.54, 1.807) is 60.7 Å². The maximum absolute atomic E-state index is 14.8. The van der Waals surface area contributed by atoms with E-state index >= 15 is 0 Å². The van der Waals surface area contributed by atoms with E-state index < -0.39 is 66.1 Å². The largest absolute Gasteiger partial charge is 0.481 e. The molecule has 62 heavy (non-hydrogen) atoms. The van der Waals surface area contributed by atoms with E-state index in [0.717, 1.165) is 33.4 Å². The molecule has 0 saturated carbocycles. The van der Waals surface area contributed by atoms with Crippen LogP contribution in [0.4, 0.5) is 4.79 Å². The van der Waals surface area contributed by atoms with Crippen LogP contribution >= 0.6 is 0 Å². The fraction of sp³-hybridized carbons (Fsp3) is 0.280. The Bertz CT molecular complexity index is 2310. The zero-order valence-corrected chi connectivity index (χ0v) is 35.0. The number of hydrogen-bond acceptors (Lipinski definition) is 8. The Morgan fingerprint density at radius 2 is 1.06 bits per heavy atom. The molecule has 0 heterocycles. The summed E-state index contributed by atoms with van der Waals surface area (Å²) in [6.45, 7) is 1.31. The number of amides is 3. The molecule has 0 bridgehead atoms. The van der Waals surface area contributed by atoms with Gasteiger partial charge in [0.2, 0.25) is 11.8 Å². The molecule has 4 atom stereocenters. The molecule has 3 amide bonds. The van der Waals surface area contributed by atoms with E-state index in [9.17, 15) is 33.9 Å². The Morgan fingerprint density at radius 3 is 1.60 bits per heavy atom. The fourth-order valence-electron chi connectivity index (χ4n) is 7.79. The molecule has 0 fully saturated rings. The summed E-state index contributed by atoms with van der Waals surface area (Å²) in [6, 6.07) is 39.0. The van der Waals surface area contributed by atoms with Crippen molar-refractivity contribution in [2.45, 2.75) is 63.3 Å². The normalized spacial score (nSPS) is 13.6. The highest BCUT2D eigenvalue weighted by molar-refractivity contribution is 5.96. The Labute approximate surface area is 361 Å². The molecule has 320 valence electrons. The van der Waals surface area contributed by atoms with Crippen LogP contribution in [0.1, 0.15) is 53.5 Å². The summed E-state index contributed by atoms with van der Waals surface area (Å²) in [6.07, 6.45) is -1.73. The van der Waals surface area contributed by atoms with Gasteiger partial charge in [-0.1, -0.05) is 146 Å². The van der Waals surface area contributed by atoms with Gasteiger partial charge in [0.1, 0.15) is 25.3 Å². The lowest BCUT2D eigenvalue weighted by Crippen LogP contribution is -2.58. The minimum Gasteiger partial charge on any atom is -0.481 e. The number of carboxylic acids is 1. The number of nitrogens with zero attached hydrogens (tertiary/aromatic N) is 2. The number of fused-ring (bicyclic) bond motifs is 3. The summed E-state index contributed by atoms with van der Waals surface area (Å²) in [5, 5.41) is 12.2. The number of likely N-dealkylation sites (N-methyl/N-ethyl adjacent to an activating group) is 2. The van der Waals surface area contributed by atoms with Crippen LogP contribution in [0.3, 0.4) is 0 Å². The van der Waals surface area contributed by atoms with Crippen molar-refractivity contribution < 1.29 is 43.3 Å². The van der Waals surface area contributed by atoms with Gasteiger partial charge in [-0.15, -0.1) is 0 Å². The third-order valence-corrected chi connectivity index (χ3v) is 11.3. The molecule has 1 aliphatic rings. The molecule has 12 heteroatoms. The highest BCUT2D eigenvalue weighted by atomic mass is 16.5. The van der Waals surface area contributed by atoms with Gasteiger partial charge in [0.15, 0.2) is 5.78 Å². The number of nitrogens with one attached hydrogen (secondary N) is 1. The van der Waals surface area contributed by atoms with Crippen molar-refractivity contribution in [3.8, 4) is 11.1 Å². The van der Waals surface area contributed by atoms with E-state index in [-0.39, 0.29) is 38.4 Å². The minimum atomic E-state index is -1.52. The first-order chi connectivity index (χ1) is 29.9. The van der Waals surface area contributed by atoms with Crippen LogP contribution in [0, 0.1) is 5.92 Å². The van der Waals surface area contributed by atoms with Crippen molar-refractivity contribution in [3.63, 3.8) is 0 Å². The summed E-state index contributed by atoms with van der Waals surface area (Å²) >= 11 is 0. The SMILES string of the molecule is C[C@H](CC(=O)[C@H](Cc1ccccc1)N(C)C(=O)[C@H](Cc1ccccc1)N(C)C(=O)[C@H](CC(=O)OCc1ccccc1)NC(=O)OCC1c2ccccc2-c2ccccc21)C(=O)O. The third-order valence-electron chi connectivity index (χ3n) is 11.3. The number of carboxylic acid groups (broad SMARTS) is 1. The number of Topliss-reactive ketones (excluding diaryl/α,β-unsaturated/α-hetero) is 1. The van der Waals surface area contributed by atoms with Crippen LogP contribution in [0.15, 0.2) is 140 Å². The van der Waals surface area contributed by atoms with Crippen molar-refractivity contribution >= 4 is 35.6 Å². The number of carbonyl (C=O) groups excluding carboxylic acids is 5. The molecule has 2 N–H and O–H groups in total. The Kier molecular flexibility index (Phi) is 15.0. The highest BCUT2D eigenvalue weighted by Gasteiger charge is 2.39. The van der Waals surface area contributed by atoms with E-state index in [2.05, 4.69) is 5.32 Å². The molecule has 5 aromatic rings. The van der Waals surface area contributed by atoms with Crippen LogP contribution in [0.2, 0.25) is 0 Å². The quantitative estimate of drug-likeness (QED) is 0.0849. The number of carbonyl (C=O) groups is 6. The second-order valence-electron chi connectivity index (χ2n) is 15.6. The standard InChI is InChI=1S/C50H51N3O9/c1-33(49(58)59)27-45(54)43(28-34-17-7-4-8-18-34)52(2)48(57)44(29-35-19-9-5-10-20-35)53(3)47(56)42(30-46(55)61-31-36-21-11-6-12-22-36)51-50(60)62-32-41-39-25-15-13-23-37(39)38-24-14-16-26-40(38)41/h4-26,33,41-44H,27-32H2,1-3H3,(H,51,60)(H,58,59)/t33-,42+,43+,44+/m1/s1. The molecule has 6 rings (SSSR count). The van der Waals surface area contributed by atoms with Crippen LogP contribution in [0.25, 0.3) is 11.1 Å². The number of hydrogen-bond donors (Lipinski definition) is 2. The summed E-state index contributed by atoms with van der Waals surface area (Å²) < 4.78 is 11.3. The Hall–Kier alpha value is -7.08. The first-order valence-electron chi connectivity index (χ1n) is 20.6. The number of esters is 1. The molecule has 0 saturated heterocycles. The summed E-state index contributed by atoms with van der Waals surface area (Å²) in [4.78, 5) is 84.7. The second-order valence-corrected chi connectivity index (χ2v) is 15.6. The smallest absolute Gasteiger partial charge is 0.407 e. The molecule has 0 aliphatic heterocycles. The van der Waals surface area contributed by atoms with E-state index in [4.69, 9.17) is 9.47 Å². The van der Waals surface area contributed by atoms with Gasteiger partial charge in [-0.05, 0) is 45.4 Å². The van der Waals surface area contributed by atoms with E-state index in [0.29, 0.717) is 5.56 Å². The summed E-state index contributed by atoms with van der Waals surface area (Å²) in [5.74, 6) is -5.02. The maximum atomic E-state index is 14.8. The first-order valence-corrected chi connectivity index (χ1v) is 20.6. The van der Waals surface area contributed by atoms with Gasteiger partial charge in [0.25, 0.3) is 0 Å². The van der Waals surface area contributed by atoms with Crippen molar-refractivity contribution in [1.82, 2.24) is 15.1 Å². The predicted octanol–water partition coefficient (Wildman–Crippen LogP) is 6.85. The summed E-state index contributed by atoms with van der Waals surface area (Å²) in [5.41, 5.74) is 6.23. The maximum Gasteiger partial charge on any atom is 0.407 e. The van der Waals surface area contributed by atoms with Crippen molar-refractivity contribution in [3.05, 3.63) is 167 Å². The number of rotatable bonds is 19. The molecular weight excluding hydrogens is 787 g/mol. The van der Waals surface area contributed by atoms with Crippen LogP contribution in [-0.2, 0) is 52.9 Å². The van der Waals surface area contributed by atoms with Crippen LogP contribution < -0.4 is 5.32 Å². The summed E-state index contributed by atoms with van der Waals surface area (Å²) in [7, 11) is 2.87. The number of ketones is 1. The minimum absolute atomic E-state index is 0.0140. The number of benzene rings is 5. The van der Waals surface area contributed by atoms with E-state index in [1.165, 1.54) is 30.8 Å². The van der Waals surface area contributed by atoms with Gasteiger partial charge in [-0.25, -0.2) is 4.79 Å². The van der Waals surface area contributed by atoms with Crippen LogP contribution in [0.5, 0.6) is 0 Å². The molecule has 1 aliphatic carbocycles. The van der Waals surface area contributed by atoms with Crippen molar-refractivity contribution in [2.75, 3.05) is 20.7 Å². The second kappa shape index (κ2) is 20.9. The number of ether oxygens (including phenoxy) is 2. The lowest BCUT2D eigenvalue weighted by atomic mass is 9.93. The topological polar surface area (TPSA) is 160 Å².